The van der Waals surface area contributed by atoms with Crippen molar-refractivity contribution in [1.29, 1.82) is 0 Å². The minimum absolute atomic E-state index is 0.0236. The van der Waals surface area contributed by atoms with E-state index in [2.05, 4.69) is 10.3 Å². The molecule has 0 saturated heterocycles. The summed E-state index contributed by atoms with van der Waals surface area (Å²) in [6, 6.07) is 9.16. The molecule has 0 aliphatic rings. The normalized spacial score (nSPS) is 13.2. The van der Waals surface area contributed by atoms with Crippen LogP contribution in [-0.4, -0.2) is 12.0 Å². The molecule has 0 fully saturated rings. The van der Waals surface area contributed by atoms with Crippen molar-refractivity contribution in [2.45, 2.75) is 25.6 Å². The number of aromatic nitrogens is 1. The Labute approximate surface area is 122 Å². The van der Waals surface area contributed by atoms with Gasteiger partial charge in [-0.2, -0.15) is 13.2 Å². The highest BCUT2D eigenvalue weighted by atomic mass is 19.4. The molecule has 21 heavy (non-hydrogen) atoms. The molecular formula is C16H17F3N2. The second-order valence-corrected chi connectivity index (χ2v) is 4.92. The Hall–Kier alpha value is -1.88. The number of nitrogens with one attached hydrogen (secondary N) is 1. The van der Waals surface area contributed by atoms with E-state index in [0.29, 0.717) is 6.42 Å². The predicted molar refractivity (Wildman–Crippen MR) is 75.9 cm³/mol. The standard InChI is InChI=1S/C16H17F3N2/c1-11-14(4-3-9-21-11)15(20-2)10-12-5-7-13(8-6-12)16(17,18)19/h3-9,15,20H,10H2,1-2H3. The number of nitrogens with zero attached hydrogens (tertiary/aromatic N) is 1. The Bertz CT molecular complexity index is 591. The average Bonchev–Trinajstić information content (AvgIpc) is 2.45. The fourth-order valence-corrected chi connectivity index (χ4v) is 2.30. The van der Waals surface area contributed by atoms with Crippen LogP contribution < -0.4 is 5.32 Å². The van der Waals surface area contributed by atoms with Crippen LogP contribution in [0.3, 0.4) is 0 Å². The maximum Gasteiger partial charge on any atom is 0.416 e. The maximum absolute atomic E-state index is 12.5. The summed E-state index contributed by atoms with van der Waals surface area (Å²) in [5, 5.41) is 3.19. The van der Waals surface area contributed by atoms with Crippen LogP contribution in [0.5, 0.6) is 0 Å². The third-order valence-corrected chi connectivity index (χ3v) is 3.49. The number of benzene rings is 1. The summed E-state index contributed by atoms with van der Waals surface area (Å²) >= 11 is 0. The molecule has 2 rings (SSSR count). The number of hydrogen-bond donors (Lipinski definition) is 1. The van der Waals surface area contributed by atoms with Gasteiger partial charge in [-0.3, -0.25) is 4.98 Å². The molecule has 2 aromatic rings. The summed E-state index contributed by atoms with van der Waals surface area (Å²) in [5.74, 6) is 0. The zero-order chi connectivity index (χ0) is 15.5. The molecule has 1 aromatic carbocycles. The monoisotopic (exact) mass is 294 g/mol. The average molecular weight is 294 g/mol. The first-order chi connectivity index (χ1) is 9.91. The van der Waals surface area contributed by atoms with E-state index in [4.69, 9.17) is 0 Å². The van der Waals surface area contributed by atoms with Gasteiger partial charge in [0.25, 0.3) is 0 Å². The molecule has 0 amide bonds. The quantitative estimate of drug-likeness (QED) is 0.924. The molecule has 1 aromatic heterocycles. The lowest BCUT2D eigenvalue weighted by Crippen LogP contribution is -2.20. The lowest BCUT2D eigenvalue weighted by Gasteiger charge is -2.18. The van der Waals surface area contributed by atoms with Gasteiger partial charge < -0.3 is 5.32 Å². The SMILES string of the molecule is CNC(Cc1ccc(C(F)(F)F)cc1)c1cccnc1C. The van der Waals surface area contributed by atoms with Crippen molar-refractivity contribution in [1.82, 2.24) is 10.3 Å². The fraction of sp³-hybridized carbons (Fsp3) is 0.312. The topological polar surface area (TPSA) is 24.9 Å². The fourth-order valence-electron chi connectivity index (χ4n) is 2.30. The second-order valence-electron chi connectivity index (χ2n) is 4.92. The Balaban J connectivity index is 2.18. The number of rotatable bonds is 4. The Kier molecular flexibility index (Phi) is 4.63. The van der Waals surface area contributed by atoms with Crippen molar-refractivity contribution in [3.05, 3.63) is 65.0 Å². The highest BCUT2D eigenvalue weighted by Gasteiger charge is 2.30. The lowest BCUT2D eigenvalue weighted by molar-refractivity contribution is -0.137. The van der Waals surface area contributed by atoms with E-state index in [1.807, 2.05) is 26.1 Å². The summed E-state index contributed by atoms with van der Waals surface area (Å²) in [5.41, 5.74) is 2.21. The zero-order valence-electron chi connectivity index (χ0n) is 11.9. The van der Waals surface area contributed by atoms with Gasteiger partial charge in [0, 0.05) is 17.9 Å². The summed E-state index contributed by atoms with van der Waals surface area (Å²) in [6.45, 7) is 1.92. The highest BCUT2D eigenvalue weighted by molar-refractivity contribution is 5.29. The highest BCUT2D eigenvalue weighted by Crippen LogP contribution is 2.29. The molecule has 5 heteroatoms. The third-order valence-electron chi connectivity index (χ3n) is 3.49. The van der Waals surface area contributed by atoms with Crippen molar-refractivity contribution in [2.24, 2.45) is 0 Å². The van der Waals surface area contributed by atoms with Gasteiger partial charge in [0.1, 0.15) is 0 Å². The molecule has 1 heterocycles. The Morgan fingerprint density at radius 1 is 1.14 bits per heavy atom. The Morgan fingerprint density at radius 2 is 1.81 bits per heavy atom. The lowest BCUT2D eigenvalue weighted by atomic mass is 9.97. The van der Waals surface area contributed by atoms with Crippen LogP contribution in [0.2, 0.25) is 0 Å². The zero-order valence-corrected chi connectivity index (χ0v) is 11.9. The van der Waals surface area contributed by atoms with Crippen molar-refractivity contribution in [3.8, 4) is 0 Å². The van der Waals surface area contributed by atoms with Crippen molar-refractivity contribution in [2.75, 3.05) is 7.05 Å². The summed E-state index contributed by atoms with van der Waals surface area (Å²) in [6.07, 6.45) is -1.95. The number of aryl methyl sites for hydroxylation is 1. The van der Waals surface area contributed by atoms with Crippen LogP contribution in [0.4, 0.5) is 13.2 Å². The van der Waals surface area contributed by atoms with Crippen molar-refractivity contribution < 1.29 is 13.2 Å². The number of halogens is 3. The van der Waals surface area contributed by atoms with Crippen molar-refractivity contribution in [3.63, 3.8) is 0 Å². The minimum Gasteiger partial charge on any atom is -0.313 e. The van der Waals surface area contributed by atoms with Gasteiger partial charge in [0.2, 0.25) is 0 Å². The van der Waals surface area contributed by atoms with E-state index in [1.165, 1.54) is 12.1 Å². The molecule has 0 radical (unpaired) electrons. The summed E-state index contributed by atoms with van der Waals surface area (Å²) in [4.78, 5) is 4.25. The molecule has 0 saturated carbocycles. The van der Waals surface area contributed by atoms with Gasteiger partial charge in [-0.05, 0) is 49.7 Å². The van der Waals surface area contributed by atoms with Crippen LogP contribution in [0, 0.1) is 6.92 Å². The predicted octanol–water partition coefficient (Wildman–Crippen LogP) is 3.91. The van der Waals surface area contributed by atoms with Gasteiger partial charge in [0.15, 0.2) is 0 Å². The molecule has 2 nitrogen and oxygen atoms in total. The van der Waals surface area contributed by atoms with E-state index in [0.717, 1.165) is 29.0 Å². The van der Waals surface area contributed by atoms with Crippen LogP contribution in [-0.2, 0) is 12.6 Å². The molecule has 0 bridgehead atoms. The van der Waals surface area contributed by atoms with Crippen LogP contribution in [0.25, 0.3) is 0 Å². The first kappa shape index (κ1) is 15.5. The number of hydrogen-bond acceptors (Lipinski definition) is 2. The summed E-state index contributed by atoms with van der Waals surface area (Å²) in [7, 11) is 1.83. The van der Waals surface area contributed by atoms with Crippen LogP contribution >= 0.6 is 0 Å². The molecule has 0 spiro atoms. The number of alkyl halides is 3. The van der Waals surface area contributed by atoms with Gasteiger partial charge in [-0.1, -0.05) is 18.2 Å². The van der Waals surface area contributed by atoms with Gasteiger partial charge in [-0.15, -0.1) is 0 Å². The van der Waals surface area contributed by atoms with Gasteiger partial charge in [-0.25, -0.2) is 0 Å². The number of likely N-dealkylation sites (N-methyl/N-ethyl adjacent to an activating group) is 1. The summed E-state index contributed by atoms with van der Waals surface area (Å²) < 4.78 is 37.6. The van der Waals surface area contributed by atoms with Gasteiger partial charge >= 0.3 is 6.18 Å². The third kappa shape index (κ3) is 3.82. The Morgan fingerprint density at radius 3 is 2.33 bits per heavy atom. The number of pyridine rings is 1. The van der Waals surface area contributed by atoms with Gasteiger partial charge in [0.05, 0.1) is 5.56 Å². The largest absolute Gasteiger partial charge is 0.416 e. The van der Waals surface area contributed by atoms with E-state index >= 15 is 0 Å². The molecule has 1 unspecified atom stereocenters. The maximum atomic E-state index is 12.5. The molecule has 0 aliphatic carbocycles. The molecule has 0 aliphatic heterocycles. The minimum atomic E-state index is -4.29. The smallest absolute Gasteiger partial charge is 0.313 e. The van der Waals surface area contributed by atoms with Crippen LogP contribution in [0.1, 0.15) is 28.4 Å². The van der Waals surface area contributed by atoms with E-state index in [1.54, 1.807) is 6.20 Å². The first-order valence-electron chi connectivity index (χ1n) is 6.66. The van der Waals surface area contributed by atoms with E-state index in [9.17, 15) is 13.2 Å². The second kappa shape index (κ2) is 6.26. The van der Waals surface area contributed by atoms with Crippen LogP contribution in [0.15, 0.2) is 42.6 Å². The molecule has 1 atom stereocenters. The van der Waals surface area contributed by atoms with E-state index in [-0.39, 0.29) is 6.04 Å². The first-order valence-corrected chi connectivity index (χ1v) is 6.66. The van der Waals surface area contributed by atoms with Crippen molar-refractivity contribution >= 4 is 0 Å². The molecule has 1 N–H and O–H groups in total. The molecule has 112 valence electrons. The van der Waals surface area contributed by atoms with E-state index < -0.39 is 11.7 Å². The molecular weight excluding hydrogens is 277 g/mol.